The fourth-order valence-electron chi connectivity index (χ4n) is 7.06. The molecule has 0 aromatic heterocycles. The average Bonchev–Trinajstić information content (AvgIpc) is 3.25. The summed E-state index contributed by atoms with van der Waals surface area (Å²) in [5, 5.41) is 10.1. The molecule has 10 heteroatoms. The highest BCUT2D eigenvalue weighted by atomic mass is 28.4. The van der Waals surface area contributed by atoms with Crippen molar-refractivity contribution in [2.24, 2.45) is 5.92 Å². The van der Waals surface area contributed by atoms with Crippen LogP contribution in [0.3, 0.4) is 0 Å². The molecule has 5 rings (SSSR count). The first-order valence-corrected chi connectivity index (χ1v) is 17.8. The Balaban J connectivity index is 1.26. The highest BCUT2D eigenvalue weighted by Crippen LogP contribution is 2.47. The second kappa shape index (κ2) is 12.3. The molecule has 3 aliphatic rings. The number of hydrogen-bond donors (Lipinski definition) is 1. The third-order valence-electron chi connectivity index (χ3n) is 9.07. The summed E-state index contributed by atoms with van der Waals surface area (Å²) in [5.74, 6) is -0.699. The molecule has 3 aliphatic heterocycles. The van der Waals surface area contributed by atoms with Crippen molar-refractivity contribution in [1.82, 2.24) is 4.90 Å². The smallest absolute Gasteiger partial charge is 0.304 e. The number of halogens is 1. The van der Waals surface area contributed by atoms with E-state index in [0.717, 1.165) is 16.7 Å². The lowest BCUT2D eigenvalue weighted by atomic mass is 9.93. The summed E-state index contributed by atoms with van der Waals surface area (Å²) in [7, 11) is -3.18. The van der Waals surface area contributed by atoms with Crippen LogP contribution in [0.25, 0.3) is 0 Å². The van der Waals surface area contributed by atoms with Gasteiger partial charge in [-0.3, -0.25) is 19.3 Å². The van der Waals surface area contributed by atoms with Gasteiger partial charge in [0, 0.05) is 24.7 Å². The normalized spacial score (nSPS) is 27.4. The first kappa shape index (κ1) is 30.4. The van der Waals surface area contributed by atoms with Gasteiger partial charge in [0.25, 0.3) is 0 Å². The van der Waals surface area contributed by atoms with Gasteiger partial charge in [-0.1, -0.05) is 43.3 Å². The lowest BCUT2D eigenvalue weighted by Crippen LogP contribution is -2.54. The Morgan fingerprint density at radius 1 is 1.10 bits per heavy atom. The van der Waals surface area contributed by atoms with Crippen LogP contribution in [0.5, 0.6) is 0 Å². The number of esters is 1. The number of carbonyl (C=O) groups excluding carboxylic acids is 3. The summed E-state index contributed by atoms with van der Waals surface area (Å²) in [6.45, 7) is 7.05. The Labute approximate surface area is 248 Å². The Kier molecular flexibility index (Phi) is 8.87. The van der Waals surface area contributed by atoms with Crippen molar-refractivity contribution in [3.8, 4) is 0 Å². The molecule has 2 aromatic carbocycles. The number of nitrogens with zero attached hydrogens (tertiary/aromatic N) is 2. The number of anilines is 1. The summed E-state index contributed by atoms with van der Waals surface area (Å²) in [6, 6.07) is 15.3. The Morgan fingerprint density at radius 3 is 2.50 bits per heavy atom. The van der Waals surface area contributed by atoms with E-state index in [2.05, 4.69) is 0 Å². The maximum atomic E-state index is 15.7. The number of aliphatic hydroxyl groups excluding tert-OH is 1. The fraction of sp³-hybridized carbons (Fsp3) is 0.531. The van der Waals surface area contributed by atoms with E-state index in [1.165, 1.54) is 11.8 Å². The SMILES string of the molecule is CC(=O)OC1CC(=O)N1c1cccc(CC[C@H]2O[C@@H](CC(=O)N3Cc4ccccc4C[C@H]3CO)[C@H]([Si](C)(C)F)[C@H]2C)c1. The van der Waals surface area contributed by atoms with Crippen molar-refractivity contribution in [2.45, 2.75) is 95.6 Å². The standard InChI is InChI=1S/C32H41FN2O6Si/c1-20-27(13-12-22-8-7-11-25(14-22)35-30(39)17-31(35)40-21(2)37)41-28(32(20)42(3,4)33)16-29(38)34-18-24-10-6-5-9-23(24)15-26(34)19-36/h5-11,14,20,26-28,31-32,36H,12-13,15-19H2,1-4H3/t20-,26-,27+,28-,31?,32+/m0/s1. The monoisotopic (exact) mass is 596 g/mol. The number of rotatable bonds is 9. The molecule has 2 aromatic rings. The number of aryl methyl sites for hydroxylation is 1. The van der Waals surface area contributed by atoms with Gasteiger partial charge in [0.15, 0.2) is 6.23 Å². The van der Waals surface area contributed by atoms with Gasteiger partial charge in [-0.15, -0.1) is 0 Å². The van der Waals surface area contributed by atoms with Gasteiger partial charge in [-0.2, -0.15) is 0 Å². The van der Waals surface area contributed by atoms with Crippen molar-refractivity contribution in [1.29, 1.82) is 0 Å². The Hall–Kier alpha value is -3.08. The lowest BCUT2D eigenvalue weighted by molar-refractivity contribution is -0.154. The van der Waals surface area contributed by atoms with Gasteiger partial charge in [0.05, 0.1) is 37.7 Å². The van der Waals surface area contributed by atoms with E-state index < -0.39 is 26.7 Å². The number of hydrogen-bond acceptors (Lipinski definition) is 6. The van der Waals surface area contributed by atoms with Crippen LogP contribution >= 0.6 is 0 Å². The molecular weight excluding hydrogens is 555 g/mol. The quantitative estimate of drug-likeness (QED) is 0.198. The molecule has 8 nitrogen and oxygen atoms in total. The molecule has 1 unspecified atom stereocenters. The van der Waals surface area contributed by atoms with E-state index >= 15 is 4.11 Å². The molecule has 226 valence electrons. The molecule has 0 saturated carbocycles. The van der Waals surface area contributed by atoms with E-state index in [1.807, 2.05) is 55.5 Å². The number of aliphatic hydroxyl groups is 1. The molecule has 2 saturated heterocycles. The molecule has 2 amide bonds. The maximum absolute atomic E-state index is 15.7. The summed E-state index contributed by atoms with van der Waals surface area (Å²) in [5.41, 5.74) is 3.56. The predicted octanol–water partition coefficient (Wildman–Crippen LogP) is 4.53. The van der Waals surface area contributed by atoms with Crippen molar-refractivity contribution in [2.75, 3.05) is 11.5 Å². The van der Waals surface area contributed by atoms with Crippen molar-refractivity contribution in [3.63, 3.8) is 0 Å². The number of fused-ring (bicyclic) bond motifs is 1. The van der Waals surface area contributed by atoms with E-state index in [4.69, 9.17) is 9.47 Å². The van der Waals surface area contributed by atoms with Gasteiger partial charge in [-0.05, 0) is 67.1 Å². The lowest BCUT2D eigenvalue weighted by Gasteiger charge is -2.39. The molecule has 1 N–H and O–H groups in total. The Bertz CT molecular complexity index is 1330. The van der Waals surface area contributed by atoms with E-state index in [0.29, 0.717) is 31.5 Å². The summed E-state index contributed by atoms with van der Waals surface area (Å²) in [6.07, 6.45) is 0.842. The third-order valence-corrected chi connectivity index (χ3v) is 11.6. The van der Waals surface area contributed by atoms with Crippen LogP contribution < -0.4 is 4.90 Å². The number of carbonyl (C=O) groups is 3. The highest BCUT2D eigenvalue weighted by molar-refractivity contribution is 6.72. The van der Waals surface area contributed by atoms with Gasteiger partial charge in [-0.25, -0.2) is 0 Å². The largest absolute Gasteiger partial charge is 0.441 e. The maximum Gasteiger partial charge on any atom is 0.304 e. The molecule has 0 radical (unpaired) electrons. The predicted molar refractivity (Wildman–Crippen MR) is 159 cm³/mol. The summed E-state index contributed by atoms with van der Waals surface area (Å²) < 4.78 is 27.5. The number of amides is 2. The van der Waals surface area contributed by atoms with Crippen LogP contribution in [0.15, 0.2) is 48.5 Å². The van der Waals surface area contributed by atoms with Gasteiger partial charge in [0.2, 0.25) is 20.2 Å². The first-order chi connectivity index (χ1) is 20.0. The van der Waals surface area contributed by atoms with Gasteiger partial charge in [0.1, 0.15) is 0 Å². The van der Waals surface area contributed by atoms with Crippen molar-refractivity contribution < 1.29 is 33.1 Å². The zero-order valence-corrected chi connectivity index (χ0v) is 25.8. The summed E-state index contributed by atoms with van der Waals surface area (Å²) >= 11 is 0. The second-order valence-corrected chi connectivity index (χ2v) is 16.2. The highest BCUT2D eigenvalue weighted by Gasteiger charge is 2.52. The number of β-lactam (4-membered cyclic amide) rings is 1. The van der Waals surface area contributed by atoms with Crippen LogP contribution in [-0.4, -0.2) is 67.3 Å². The Morgan fingerprint density at radius 2 is 1.83 bits per heavy atom. The van der Waals surface area contributed by atoms with Crippen LogP contribution in [0.2, 0.25) is 18.6 Å². The second-order valence-electron chi connectivity index (χ2n) is 12.4. The summed E-state index contributed by atoms with van der Waals surface area (Å²) in [4.78, 5) is 40.5. The number of benzene rings is 2. The molecule has 2 fully saturated rings. The third kappa shape index (κ3) is 6.30. The van der Waals surface area contributed by atoms with Crippen molar-refractivity contribution >= 4 is 31.9 Å². The minimum atomic E-state index is -3.18. The minimum Gasteiger partial charge on any atom is -0.441 e. The van der Waals surface area contributed by atoms with Crippen LogP contribution in [0, 0.1) is 5.92 Å². The fourth-order valence-corrected chi connectivity index (χ4v) is 9.61. The van der Waals surface area contributed by atoms with Gasteiger partial charge >= 0.3 is 5.97 Å². The zero-order valence-electron chi connectivity index (χ0n) is 24.8. The van der Waals surface area contributed by atoms with Crippen LogP contribution in [0.1, 0.15) is 49.8 Å². The molecule has 6 atom stereocenters. The van der Waals surface area contributed by atoms with E-state index in [9.17, 15) is 19.5 Å². The minimum absolute atomic E-state index is 0.0568. The molecule has 0 bridgehead atoms. The molecule has 3 heterocycles. The molecule has 0 spiro atoms. The first-order valence-electron chi connectivity index (χ1n) is 14.9. The van der Waals surface area contributed by atoms with Crippen molar-refractivity contribution in [3.05, 3.63) is 65.2 Å². The van der Waals surface area contributed by atoms with Gasteiger partial charge < -0.3 is 23.6 Å². The average molecular weight is 597 g/mol. The van der Waals surface area contributed by atoms with E-state index in [1.54, 1.807) is 18.0 Å². The van der Waals surface area contributed by atoms with Crippen LogP contribution in [-0.2, 0) is 43.2 Å². The van der Waals surface area contributed by atoms with E-state index in [-0.39, 0.29) is 54.9 Å². The topological polar surface area (TPSA) is 96.4 Å². The van der Waals surface area contributed by atoms with Crippen LogP contribution in [0.4, 0.5) is 9.80 Å². The molecule has 0 aliphatic carbocycles. The number of ether oxygens (including phenoxy) is 2. The zero-order chi connectivity index (χ0) is 30.2. The molecule has 42 heavy (non-hydrogen) atoms. The molecular formula is C32H41FN2O6Si.